The van der Waals surface area contributed by atoms with E-state index in [1.165, 1.54) is 6.33 Å². The van der Waals surface area contributed by atoms with E-state index in [-0.39, 0.29) is 4.64 Å². The van der Waals surface area contributed by atoms with Crippen LogP contribution < -0.4 is 0 Å². The second-order valence-corrected chi connectivity index (χ2v) is 3.60. The summed E-state index contributed by atoms with van der Waals surface area (Å²) in [7, 11) is 0. The number of nitrogens with zero attached hydrogens (tertiary/aromatic N) is 1. The number of hydrogen-bond donors (Lipinski definition) is 1. The van der Waals surface area contributed by atoms with Gasteiger partial charge in [-0.25, -0.2) is 9.37 Å². The van der Waals surface area contributed by atoms with Gasteiger partial charge in [0.1, 0.15) is 0 Å². The van der Waals surface area contributed by atoms with E-state index >= 15 is 0 Å². The number of benzene rings is 1. The van der Waals surface area contributed by atoms with E-state index < -0.39 is 5.82 Å². The van der Waals surface area contributed by atoms with Crippen LogP contribution in [-0.2, 0) is 0 Å². The van der Waals surface area contributed by atoms with E-state index in [1.807, 2.05) is 31.2 Å². The molecule has 1 aromatic heterocycles. The van der Waals surface area contributed by atoms with Crippen molar-refractivity contribution in [3.63, 3.8) is 0 Å². The minimum atomic E-state index is -0.471. The molecule has 0 radical (unpaired) electrons. The Labute approximate surface area is 91.8 Å². The summed E-state index contributed by atoms with van der Waals surface area (Å²) in [6, 6.07) is 7.54. The molecule has 0 aliphatic heterocycles. The summed E-state index contributed by atoms with van der Waals surface area (Å²) in [4.78, 5) is 6.46. The van der Waals surface area contributed by atoms with Crippen LogP contribution in [0.5, 0.6) is 0 Å². The van der Waals surface area contributed by atoms with Gasteiger partial charge in [0.15, 0.2) is 10.5 Å². The molecule has 0 aliphatic rings. The monoisotopic (exact) mass is 220 g/mol. The molecule has 0 fully saturated rings. The van der Waals surface area contributed by atoms with Crippen LogP contribution in [0.4, 0.5) is 4.39 Å². The molecule has 76 valence electrons. The van der Waals surface area contributed by atoms with Crippen molar-refractivity contribution in [1.29, 1.82) is 0 Å². The fraction of sp³-hybridized carbons (Fsp3) is 0.0909. The van der Waals surface area contributed by atoms with Crippen LogP contribution in [0, 0.1) is 17.4 Å². The SMILES string of the molecule is Cc1ccccc1-c1[nH]cnc(=S)c1F. The van der Waals surface area contributed by atoms with Gasteiger partial charge in [0, 0.05) is 5.56 Å². The van der Waals surface area contributed by atoms with Crippen LogP contribution in [0.1, 0.15) is 5.56 Å². The highest BCUT2D eigenvalue weighted by Gasteiger charge is 2.08. The number of hydrogen-bond acceptors (Lipinski definition) is 2. The molecule has 0 amide bonds. The summed E-state index contributed by atoms with van der Waals surface area (Å²) in [5, 5.41) is 0. The van der Waals surface area contributed by atoms with Crippen LogP contribution in [0.25, 0.3) is 11.3 Å². The third kappa shape index (κ3) is 1.80. The second-order valence-electron chi connectivity index (χ2n) is 3.21. The highest BCUT2D eigenvalue weighted by atomic mass is 32.1. The smallest absolute Gasteiger partial charge is 0.183 e. The fourth-order valence-corrected chi connectivity index (χ4v) is 1.59. The van der Waals surface area contributed by atoms with Crippen molar-refractivity contribution in [3.8, 4) is 11.3 Å². The maximum atomic E-state index is 13.7. The van der Waals surface area contributed by atoms with Crippen LogP contribution in [0.2, 0.25) is 0 Å². The van der Waals surface area contributed by atoms with Crippen LogP contribution in [0.3, 0.4) is 0 Å². The van der Waals surface area contributed by atoms with E-state index in [1.54, 1.807) is 0 Å². The van der Waals surface area contributed by atoms with Crippen molar-refractivity contribution < 1.29 is 4.39 Å². The van der Waals surface area contributed by atoms with Crippen molar-refractivity contribution in [2.45, 2.75) is 6.92 Å². The zero-order chi connectivity index (χ0) is 10.8. The highest BCUT2D eigenvalue weighted by Crippen LogP contribution is 2.23. The molecule has 15 heavy (non-hydrogen) atoms. The average Bonchev–Trinajstić information content (AvgIpc) is 2.23. The number of aryl methyl sites for hydroxylation is 1. The number of aromatic nitrogens is 2. The number of H-pyrrole nitrogens is 1. The van der Waals surface area contributed by atoms with Gasteiger partial charge in [-0.2, -0.15) is 0 Å². The molecule has 4 heteroatoms. The van der Waals surface area contributed by atoms with Crippen LogP contribution in [-0.4, -0.2) is 9.97 Å². The lowest BCUT2D eigenvalue weighted by Crippen LogP contribution is -1.94. The van der Waals surface area contributed by atoms with E-state index in [4.69, 9.17) is 12.2 Å². The molecule has 0 aliphatic carbocycles. The Morgan fingerprint density at radius 2 is 2.07 bits per heavy atom. The standard InChI is InChI=1S/C11H9FN2S/c1-7-4-2-3-5-8(7)10-9(12)11(15)14-6-13-10/h2-6H,1H3,(H,13,14,15). The largest absolute Gasteiger partial charge is 0.343 e. The first-order valence-electron chi connectivity index (χ1n) is 4.49. The van der Waals surface area contributed by atoms with E-state index in [0.717, 1.165) is 11.1 Å². The van der Waals surface area contributed by atoms with Gasteiger partial charge in [-0.05, 0) is 12.5 Å². The first-order chi connectivity index (χ1) is 7.20. The third-order valence-corrected chi connectivity index (χ3v) is 2.50. The lowest BCUT2D eigenvalue weighted by molar-refractivity contribution is 0.613. The van der Waals surface area contributed by atoms with Crippen LogP contribution >= 0.6 is 12.2 Å². The zero-order valence-corrected chi connectivity index (χ0v) is 8.94. The number of rotatable bonds is 1. The Hall–Kier alpha value is -1.55. The minimum absolute atomic E-state index is 0.00740. The number of halogens is 1. The Morgan fingerprint density at radius 3 is 2.80 bits per heavy atom. The maximum absolute atomic E-state index is 13.7. The first kappa shape index (κ1) is 9.98. The van der Waals surface area contributed by atoms with Gasteiger partial charge in [-0.1, -0.05) is 36.5 Å². The van der Waals surface area contributed by atoms with Gasteiger partial charge < -0.3 is 4.98 Å². The first-order valence-corrected chi connectivity index (χ1v) is 4.90. The molecule has 1 N–H and O–H groups in total. The molecular weight excluding hydrogens is 211 g/mol. The van der Waals surface area contributed by atoms with Gasteiger partial charge in [0.25, 0.3) is 0 Å². The average molecular weight is 220 g/mol. The normalized spacial score (nSPS) is 10.3. The summed E-state index contributed by atoms with van der Waals surface area (Å²) in [6.07, 6.45) is 1.41. The Kier molecular flexibility index (Phi) is 2.60. The van der Waals surface area contributed by atoms with Gasteiger partial charge in [-0.15, -0.1) is 0 Å². The lowest BCUT2D eigenvalue weighted by Gasteiger charge is -2.05. The van der Waals surface area contributed by atoms with Gasteiger partial charge >= 0.3 is 0 Å². The summed E-state index contributed by atoms with van der Waals surface area (Å²) >= 11 is 4.78. The lowest BCUT2D eigenvalue weighted by atomic mass is 10.1. The van der Waals surface area contributed by atoms with Crippen molar-refractivity contribution in [2.24, 2.45) is 0 Å². The molecule has 0 unspecified atom stereocenters. The van der Waals surface area contributed by atoms with E-state index in [9.17, 15) is 4.39 Å². The molecule has 2 rings (SSSR count). The summed E-state index contributed by atoms with van der Waals surface area (Å²) in [5.41, 5.74) is 2.20. The number of aromatic amines is 1. The quantitative estimate of drug-likeness (QED) is 0.747. The Morgan fingerprint density at radius 1 is 1.33 bits per heavy atom. The minimum Gasteiger partial charge on any atom is -0.343 e. The predicted molar refractivity (Wildman–Crippen MR) is 59.6 cm³/mol. The Bertz CT molecular complexity index is 548. The molecule has 1 heterocycles. The van der Waals surface area contributed by atoms with Crippen molar-refractivity contribution in [3.05, 3.63) is 46.6 Å². The summed E-state index contributed by atoms with van der Waals surface area (Å²) in [5.74, 6) is -0.471. The van der Waals surface area contributed by atoms with Gasteiger partial charge in [0.2, 0.25) is 0 Å². The van der Waals surface area contributed by atoms with Gasteiger partial charge in [-0.3, -0.25) is 0 Å². The maximum Gasteiger partial charge on any atom is 0.183 e. The topological polar surface area (TPSA) is 28.7 Å². The molecule has 0 saturated carbocycles. The number of nitrogens with one attached hydrogen (secondary N) is 1. The summed E-state index contributed by atoms with van der Waals surface area (Å²) < 4.78 is 13.7. The molecule has 2 nitrogen and oxygen atoms in total. The van der Waals surface area contributed by atoms with Gasteiger partial charge in [0.05, 0.1) is 12.0 Å². The summed E-state index contributed by atoms with van der Waals surface area (Å²) in [6.45, 7) is 1.92. The molecule has 1 aromatic carbocycles. The van der Waals surface area contributed by atoms with Crippen LogP contribution in [0.15, 0.2) is 30.6 Å². The molecule has 0 bridgehead atoms. The fourth-order valence-electron chi connectivity index (χ4n) is 1.43. The van der Waals surface area contributed by atoms with Crippen molar-refractivity contribution >= 4 is 12.2 Å². The molecule has 0 atom stereocenters. The predicted octanol–water partition coefficient (Wildman–Crippen LogP) is 3.25. The highest BCUT2D eigenvalue weighted by molar-refractivity contribution is 7.71. The van der Waals surface area contributed by atoms with Crippen molar-refractivity contribution in [1.82, 2.24) is 9.97 Å². The molecule has 0 spiro atoms. The second kappa shape index (κ2) is 3.90. The third-order valence-electron chi connectivity index (χ3n) is 2.21. The molecular formula is C11H9FN2S. The zero-order valence-electron chi connectivity index (χ0n) is 8.12. The van der Waals surface area contributed by atoms with Crippen molar-refractivity contribution in [2.75, 3.05) is 0 Å². The molecule has 2 aromatic rings. The van der Waals surface area contributed by atoms with E-state index in [2.05, 4.69) is 9.97 Å². The Balaban J connectivity index is 2.70. The van der Waals surface area contributed by atoms with E-state index in [0.29, 0.717) is 5.69 Å². The molecule has 0 saturated heterocycles.